The smallest absolute Gasteiger partial charge is 0.228 e. The number of piperidine rings is 1. The molecule has 1 amide bonds. The van der Waals surface area contributed by atoms with Gasteiger partial charge in [0.1, 0.15) is 0 Å². The molecule has 1 saturated heterocycles. The second-order valence-corrected chi connectivity index (χ2v) is 6.76. The number of carbonyl (C=O) groups excluding carboxylic acids is 1. The van der Waals surface area contributed by atoms with E-state index < -0.39 is 0 Å². The van der Waals surface area contributed by atoms with Crippen LogP contribution in [0.1, 0.15) is 29.7 Å². The Bertz CT molecular complexity index is 590. The molecule has 0 saturated carbocycles. The van der Waals surface area contributed by atoms with E-state index in [1.807, 2.05) is 35.3 Å². The molecule has 0 aromatic carbocycles. The van der Waals surface area contributed by atoms with Gasteiger partial charge in [0.15, 0.2) is 0 Å². The lowest BCUT2D eigenvalue weighted by molar-refractivity contribution is -0.134. The molecule has 4 nitrogen and oxygen atoms in total. The molecule has 0 radical (unpaired) electrons. The predicted molar refractivity (Wildman–Crippen MR) is 84.3 cm³/mol. The van der Waals surface area contributed by atoms with Crippen molar-refractivity contribution >= 4 is 17.2 Å². The summed E-state index contributed by atoms with van der Waals surface area (Å²) in [4.78, 5) is 15.8. The SMILES string of the molecule is Cc1cnn(CC2CCCCN2C(=O)Cc2cccs2)c1. The van der Waals surface area contributed by atoms with E-state index in [-0.39, 0.29) is 11.9 Å². The standard InChI is InChI=1S/C16H21N3OS/c1-13-10-17-18(11-13)12-14-5-2-3-7-19(14)16(20)9-15-6-4-8-21-15/h4,6,8,10-11,14H,2-3,5,7,9,12H2,1H3. The van der Waals surface area contributed by atoms with Crippen LogP contribution in [0.25, 0.3) is 0 Å². The summed E-state index contributed by atoms with van der Waals surface area (Å²) in [6, 6.07) is 4.33. The molecule has 3 rings (SSSR count). The first kappa shape index (κ1) is 14.3. The quantitative estimate of drug-likeness (QED) is 0.871. The zero-order valence-corrected chi connectivity index (χ0v) is 13.2. The Morgan fingerprint density at radius 1 is 1.48 bits per heavy atom. The van der Waals surface area contributed by atoms with Crippen molar-refractivity contribution in [2.75, 3.05) is 6.54 Å². The van der Waals surface area contributed by atoms with Gasteiger partial charge < -0.3 is 4.90 Å². The minimum atomic E-state index is 0.256. The van der Waals surface area contributed by atoms with E-state index in [1.165, 1.54) is 12.0 Å². The Morgan fingerprint density at radius 3 is 3.10 bits per heavy atom. The van der Waals surface area contributed by atoms with E-state index in [0.29, 0.717) is 6.42 Å². The van der Waals surface area contributed by atoms with E-state index in [2.05, 4.69) is 16.2 Å². The van der Waals surface area contributed by atoms with Gasteiger partial charge in [0.2, 0.25) is 5.91 Å². The largest absolute Gasteiger partial charge is 0.338 e. The van der Waals surface area contributed by atoms with Crippen molar-refractivity contribution in [2.24, 2.45) is 0 Å². The summed E-state index contributed by atoms with van der Waals surface area (Å²) in [5.41, 5.74) is 1.17. The highest BCUT2D eigenvalue weighted by Crippen LogP contribution is 2.21. The van der Waals surface area contributed by atoms with E-state index >= 15 is 0 Å². The number of hydrogen-bond donors (Lipinski definition) is 0. The van der Waals surface area contributed by atoms with Crippen LogP contribution in [0.5, 0.6) is 0 Å². The van der Waals surface area contributed by atoms with Crippen molar-refractivity contribution in [2.45, 2.75) is 45.2 Å². The summed E-state index contributed by atoms with van der Waals surface area (Å²) in [6.07, 6.45) is 7.86. The number of amides is 1. The summed E-state index contributed by atoms with van der Waals surface area (Å²) >= 11 is 1.66. The monoisotopic (exact) mass is 303 g/mol. The number of hydrogen-bond acceptors (Lipinski definition) is 3. The Hall–Kier alpha value is -1.62. The van der Waals surface area contributed by atoms with Gasteiger partial charge in [-0.25, -0.2) is 0 Å². The molecule has 1 atom stereocenters. The van der Waals surface area contributed by atoms with Crippen LogP contribution >= 0.6 is 11.3 Å². The highest BCUT2D eigenvalue weighted by atomic mass is 32.1. The fraction of sp³-hybridized carbons (Fsp3) is 0.500. The Balaban J connectivity index is 1.67. The van der Waals surface area contributed by atoms with Gasteiger partial charge in [-0.3, -0.25) is 9.48 Å². The van der Waals surface area contributed by atoms with E-state index in [9.17, 15) is 4.79 Å². The van der Waals surface area contributed by atoms with Gasteiger partial charge in [0, 0.05) is 17.6 Å². The molecule has 112 valence electrons. The zero-order chi connectivity index (χ0) is 14.7. The van der Waals surface area contributed by atoms with E-state index in [4.69, 9.17) is 0 Å². The molecule has 0 bridgehead atoms. The normalized spacial score (nSPS) is 18.9. The highest BCUT2D eigenvalue weighted by Gasteiger charge is 2.27. The van der Waals surface area contributed by atoms with Crippen molar-refractivity contribution in [1.29, 1.82) is 0 Å². The van der Waals surface area contributed by atoms with Gasteiger partial charge in [0.05, 0.1) is 25.2 Å². The molecule has 5 heteroatoms. The van der Waals surface area contributed by atoms with Crippen LogP contribution < -0.4 is 0 Å². The molecular formula is C16H21N3OS. The molecule has 1 aliphatic rings. The van der Waals surface area contributed by atoms with Gasteiger partial charge in [-0.1, -0.05) is 6.07 Å². The lowest BCUT2D eigenvalue weighted by Gasteiger charge is -2.35. The summed E-state index contributed by atoms with van der Waals surface area (Å²) in [6.45, 7) is 3.74. The number of thiophene rings is 1. The van der Waals surface area contributed by atoms with Crippen LogP contribution in [0.15, 0.2) is 29.9 Å². The molecular weight excluding hydrogens is 282 g/mol. The zero-order valence-electron chi connectivity index (χ0n) is 12.4. The van der Waals surface area contributed by atoms with Crippen LogP contribution in [0, 0.1) is 6.92 Å². The molecule has 0 N–H and O–H groups in total. The molecule has 1 aliphatic heterocycles. The van der Waals surface area contributed by atoms with Crippen LogP contribution in [0.2, 0.25) is 0 Å². The third kappa shape index (κ3) is 3.53. The van der Waals surface area contributed by atoms with Crippen LogP contribution in [0.4, 0.5) is 0 Å². The van der Waals surface area contributed by atoms with Gasteiger partial charge in [-0.15, -0.1) is 11.3 Å². The molecule has 1 unspecified atom stereocenters. The van der Waals surface area contributed by atoms with Crippen LogP contribution in [0.3, 0.4) is 0 Å². The minimum absolute atomic E-state index is 0.256. The van der Waals surface area contributed by atoms with E-state index in [0.717, 1.165) is 30.8 Å². The summed E-state index contributed by atoms with van der Waals surface area (Å²) in [5, 5.41) is 6.39. The van der Waals surface area contributed by atoms with Crippen molar-refractivity contribution < 1.29 is 4.79 Å². The third-order valence-electron chi connectivity index (χ3n) is 4.01. The highest BCUT2D eigenvalue weighted by molar-refractivity contribution is 7.10. The van der Waals surface area contributed by atoms with Gasteiger partial charge in [0.25, 0.3) is 0 Å². The first-order valence-corrected chi connectivity index (χ1v) is 8.41. The molecule has 1 fully saturated rings. The van der Waals surface area contributed by atoms with Crippen molar-refractivity contribution in [1.82, 2.24) is 14.7 Å². The number of aryl methyl sites for hydroxylation is 1. The van der Waals surface area contributed by atoms with Crippen LogP contribution in [-0.2, 0) is 17.8 Å². The maximum Gasteiger partial charge on any atom is 0.228 e. The van der Waals surface area contributed by atoms with Crippen LogP contribution in [-0.4, -0.2) is 33.2 Å². The average Bonchev–Trinajstić information content (AvgIpc) is 3.11. The number of nitrogens with zero attached hydrogens (tertiary/aromatic N) is 3. The molecule has 3 heterocycles. The fourth-order valence-electron chi connectivity index (χ4n) is 2.97. The molecule has 0 spiro atoms. The maximum atomic E-state index is 12.6. The second-order valence-electron chi connectivity index (χ2n) is 5.73. The van der Waals surface area contributed by atoms with Gasteiger partial charge in [-0.2, -0.15) is 5.10 Å². The third-order valence-corrected chi connectivity index (χ3v) is 4.89. The Kier molecular flexibility index (Phi) is 4.39. The number of likely N-dealkylation sites (tertiary alicyclic amines) is 1. The molecule has 0 aliphatic carbocycles. The topological polar surface area (TPSA) is 38.1 Å². The van der Waals surface area contributed by atoms with Crippen molar-refractivity contribution in [3.8, 4) is 0 Å². The Morgan fingerprint density at radius 2 is 2.38 bits per heavy atom. The van der Waals surface area contributed by atoms with E-state index in [1.54, 1.807) is 11.3 Å². The maximum absolute atomic E-state index is 12.6. The molecule has 2 aromatic heterocycles. The van der Waals surface area contributed by atoms with Crippen molar-refractivity contribution in [3.63, 3.8) is 0 Å². The van der Waals surface area contributed by atoms with Gasteiger partial charge >= 0.3 is 0 Å². The average molecular weight is 303 g/mol. The number of carbonyl (C=O) groups is 1. The number of aromatic nitrogens is 2. The minimum Gasteiger partial charge on any atom is -0.338 e. The lowest BCUT2D eigenvalue weighted by atomic mass is 10.0. The summed E-state index contributed by atoms with van der Waals surface area (Å²) in [7, 11) is 0. The second kappa shape index (κ2) is 6.43. The number of rotatable bonds is 4. The first-order valence-electron chi connectivity index (χ1n) is 7.53. The van der Waals surface area contributed by atoms with Gasteiger partial charge in [-0.05, 0) is 43.2 Å². The summed E-state index contributed by atoms with van der Waals surface area (Å²) in [5.74, 6) is 0.256. The van der Waals surface area contributed by atoms with Crippen molar-refractivity contribution in [3.05, 3.63) is 40.3 Å². The fourth-order valence-corrected chi connectivity index (χ4v) is 3.66. The molecule has 2 aromatic rings. The molecule has 21 heavy (non-hydrogen) atoms. The summed E-state index contributed by atoms with van der Waals surface area (Å²) < 4.78 is 1.97. The predicted octanol–water partition coefficient (Wildman–Crippen LogP) is 2.88. The first-order chi connectivity index (χ1) is 10.2. The Labute approximate surface area is 129 Å². The lowest BCUT2D eigenvalue weighted by Crippen LogP contribution is -2.46.